The highest BCUT2D eigenvalue weighted by Crippen LogP contribution is 2.33. The van der Waals surface area contributed by atoms with Crippen LogP contribution < -0.4 is 4.74 Å². The number of para-hydroxylation sites is 1. The number of methoxy groups -OCH3 is 1. The number of hydrogen-bond donors (Lipinski definition) is 1. The van der Waals surface area contributed by atoms with Crippen LogP contribution in [0.3, 0.4) is 0 Å². The summed E-state index contributed by atoms with van der Waals surface area (Å²) in [5.41, 5.74) is 3.09. The van der Waals surface area contributed by atoms with E-state index >= 15 is 0 Å². The third-order valence-electron chi connectivity index (χ3n) is 5.56. The van der Waals surface area contributed by atoms with Crippen LogP contribution in [0.15, 0.2) is 48.5 Å². The normalized spacial score (nSPS) is 17.6. The van der Waals surface area contributed by atoms with Crippen molar-refractivity contribution in [2.45, 2.75) is 19.8 Å². The maximum absolute atomic E-state index is 13.3. The van der Waals surface area contributed by atoms with Crippen molar-refractivity contribution in [2.75, 3.05) is 39.8 Å². The Morgan fingerprint density at radius 2 is 1.80 bits per heavy atom. The van der Waals surface area contributed by atoms with Gasteiger partial charge in [0.15, 0.2) is 0 Å². The van der Waals surface area contributed by atoms with Gasteiger partial charge in [0.25, 0.3) is 0 Å². The third-order valence-corrected chi connectivity index (χ3v) is 5.56. The molecule has 160 valence electrons. The minimum Gasteiger partial charge on any atom is -0.496 e. The molecule has 0 radical (unpaired) electrons. The van der Waals surface area contributed by atoms with Crippen LogP contribution in [-0.2, 0) is 16.0 Å². The Balaban J connectivity index is 1.92. The Labute approximate surface area is 178 Å². The van der Waals surface area contributed by atoms with E-state index in [2.05, 4.69) is 6.92 Å². The van der Waals surface area contributed by atoms with Crippen molar-refractivity contribution in [3.8, 4) is 16.9 Å². The molecule has 30 heavy (non-hydrogen) atoms. The lowest BCUT2D eigenvalue weighted by Gasteiger charge is -2.24. The second-order valence-electron chi connectivity index (χ2n) is 7.71. The Kier molecular flexibility index (Phi) is 7.46. The third kappa shape index (κ3) is 5.19. The maximum atomic E-state index is 13.3. The lowest BCUT2D eigenvalue weighted by atomic mass is 9.91. The van der Waals surface area contributed by atoms with E-state index in [0.717, 1.165) is 28.9 Å². The molecule has 6 heteroatoms. The highest BCUT2D eigenvalue weighted by Gasteiger charge is 2.31. The molecule has 1 aliphatic heterocycles. The second kappa shape index (κ2) is 10.3. The zero-order chi connectivity index (χ0) is 21.5. The Hall–Kier alpha value is -2.86. The fraction of sp³-hybridized carbons (Fsp3) is 0.417. The topological polar surface area (TPSA) is 70.1 Å². The summed E-state index contributed by atoms with van der Waals surface area (Å²) in [7, 11) is 1.66. The average molecular weight is 411 g/mol. The lowest BCUT2D eigenvalue weighted by molar-refractivity contribution is -0.139. The van der Waals surface area contributed by atoms with Gasteiger partial charge >= 0.3 is 5.97 Å². The molecule has 0 spiro atoms. The zero-order valence-corrected chi connectivity index (χ0v) is 17.7. The van der Waals surface area contributed by atoms with Gasteiger partial charge in [-0.1, -0.05) is 49.4 Å². The molecule has 1 N–H and O–H groups in total. The Morgan fingerprint density at radius 1 is 1.10 bits per heavy atom. The van der Waals surface area contributed by atoms with Crippen LogP contribution in [0, 0.1) is 5.92 Å². The van der Waals surface area contributed by atoms with E-state index in [1.165, 1.54) is 0 Å². The minimum absolute atomic E-state index is 0.0438. The van der Waals surface area contributed by atoms with Crippen LogP contribution in [0.4, 0.5) is 0 Å². The molecule has 2 aromatic rings. The first-order valence-corrected chi connectivity index (χ1v) is 10.5. The molecule has 3 rings (SSSR count). The van der Waals surface area contributed by atoms with Crippen LogP contribution in [0.25, 0.3) is 11.1 Å². The number of carboxylic acids is 1. The average Bonchev–Trinajstić information content (AvgIpc) is 2.88. The molecule has 1 fully saturated rings. The predicted octanol–water partition coefficient (Wildman–Crippen LogP) is 3.16. The SMILES string of the molecule is CCCN1CCN(CC(=O)O)C[C@H](Cc2ccccc2-c2ccccc2OC)C1=O. The van der Waals surface area contributed by atoms with Crippen LogP contribution >= 0.6 is 0 Å². The zero-order valence-electron chi connectivity index (χ0n) is 17.7. The second-order valence-corrected chi connectivity index (χ2v) is 7.71. The van der Waals surface area contributed by atoms with Gasteiger partial charge in [0.1, 0.15) is 5.75 Å². The van der Waals surface area contributed by atoms with E-state index in [0.29, 0.717) is 32.6 Å². The first kappa shape index (κ1) is 21.8. The fourth-order valence-electron chi connectivity index (χ4n) is 4.18. The minimum atomic E-state index is -0.862. The van der Waals surface area contributed by atoms with Crippen molar-refractivity contribution in [3.05, 3.63) is 54.1 Å². The van der Waals surface area contributed by atoms with Crippen molar-refractivity contribution >= 4 is 11.9 Å². The quantitative estimate of drug-likeness (QED) is 0.724. The summed E-state index contributed by atoms with van der Waals surface area (Å²) in [6.07, 6.45) is 1.44. The van der Waals surface area contributed by atoms with Gasteiger partial charge < -0.3 is 14.7 Å². The molecule has 1 saturated heterocycles. The van der Waals surface area contributed by atoms with Gasteiger partial charge in [-0.3, -0.25) is 14.5 Å². The van der Waals surface area contributed by atoms with E-state index in [4.69, 9.17) is 4.74 Å². The molecule has 1 aliphatic rings. The molecule has 1 heterocycles. The summed E-state index contributed by atoms with van der Waals surface area (Å²) < 4.78 is 5.55. The molecule has 2 aromatic carbocycles. The number of amides is 1. The van der Waals surface area contributed by atoms with Gasteiger partial charge in [-0.15, -0.1) is 0 Å². The van der Waals surface area contributed by atoms with E-state index in [-0.39, 0.29) is 18.4 Å². The van der Waals surface area contributed by atoms with Crippen molar-refractivity contribution in [1.29, 1.82) is 0 Å². The largest absolute Gasteiger partial charge is 0.496 e. The number of carbonyl (C=O) groups is 2. The van der Waals surface area contributed by atoms with Crippen LogP contribution in [0.2, 0.25) is 0 Å². The van der Waals surface area contributed by atoms with Gasteiger partial charge in [0.2, 0.25) is 5.91 Å². The van der Waals surface area contributed by atoms with Crippen LogP contribution in [0.5, 0.6) is 5.75 Å². The van der Waals surface area contributed by atoms with E-state index in [1.807, 2.05) is 58.3 Å². The summed E-state index contributed by atoms with van der Waals surface area (Å²) in [5, 5.41) is 9.27. The summed E-state index contributed by atoms with van der Waals surface area (Å²) in [6.45, 7) is 4.32. The van der Waals surface area contributed by atoms with Crippen molar-refractivity contribution in [1.82, 2.24) is 9.80 Å². The molecule has 1 amide bonds. The number of nitrogens with zero attached hydrogens (tertiary/aromatic N) is 2. The summed E-state index contributed by atoms with van der Waals surface area (Å²) in [6, 6.07) is 15.9. The number of carboxylic acid groups (broad SMARTS) is 1. The van der Waals surface area contributed by atoms with Gasteiger partial charge in [0.05, 0.1) is 19.6 Å². The van der Waals surface area contributed by atoms with Crippen molar-refractivity contribution in [2.24, 2.45) is 5.92 Å². The highest BCUT2D eigenvalue weighted by molar-refractivity contribution is 5.81. The summed E-state index contributed by atoms with van der Waals surface area (Å²) in [5.74, 6) is -0.245. The summed E-state index contributed by atoms with van der Waals surface area (Å²) >= 11 is 0. The maximum Gasteiger partial charge on any atom is 0.317 e. The van der Waals surface area contributed by atoms with Gasteiger partial charge in [-0.25, -0.2) is 0 Å². The van der Waals surface area contributed by atoms with Crippen molar-refractivity contribution in [3.63, 3.8) is 0 Å². The standard InChI is InChI=1S/C24H30N2O4/c1-3-12-26-14-13-25(17-23(27)28)16-19(24(26)29)15-18-8-4-5-9-20(18)21-10-6-7-11-22(21)30-2/h4-11,19H,3,12-17H2,1-2H3,(H,27,28)/t19-/m0/s1. The van der Waals surface area contributed by atoms with Gasteiger partial charge in [-0.05, 0) is 30.0 Å². The first-order chi connectivity index (χ1) is 14.5. The molecule has 6 nitrogen and oxygen atoms in total. The summed E-state index contributed by atoms with van der Waals surface area (Å²) in [4.78, 5) is 28.3. The molecule has 0 saturated carbocycles. The number of aliphatic carboxylic acids is 1. The number of carbonyl (C=O) groups excluding carboxylic acids is 1. The number of hydrogen-bond acceptors (Lipinski definition) is 4. The van der Waals surface area contributed by atoms with Crippen LogP contribution in [0.1, 0.15) is 18.9 Å². The molecular weight excluding hydrogens is 380 g/mol. The lowest BCUT2D eigenvalue weighted by Crippen LogP contribution is -2.38. The number of ether oxygens (including phenoxy) is 1. The van der Waals surface area contributed by atoms with E-state index in [9.17, 15) is 14.7 Å². The molecule has 0 aliphatic carbocycles. The monoisotopic (exact) mass is 410 g/mol. The molecular formula is C24H30N2O4. The molecule has 0 unspecified atom stereocenters. The van der Waals surface area contributed by atoms with E-state index in [1.54, 1.807) is 7.11 Å². The molecule has 1 atom stereocenters. The molecule has 0 bridgehead atoms. The Bertz CT molecular complexity index is 883. The predicted molar refractivity (Wildman–Crippen MR) is 117 cm³/mol. The Morgan fingerprint density at radius 3 is 2.50 bits per heavy atom. The smallest absolute Gasteiger partial charge is 0.317 e. The van der Waals surface area contributed by atoms with E-state index < -0.39 is 5.97 Å². The number of rotatable bonds is 8. The van der Waals surface area contributed by atoms with Gasteiger partial charge in [0, 0.05) is 31.7 Å². The first-order valence-electron chi connectivity index (χ1n) is 10.5. The van der Waals surface area contributed by atoms with Gasteiger partial charge in [-0.2, -0.15) is 0 Å². The van der Waals surface area contributed by atoms with Crippen molar-refractivity contribution < 1.29 is 19.4 Å². The fourth-order valence-corrected chi connectivity index (χ4v) is 4.18. The number of benzene rings is 2. The molecule has 0 aromatic heterocycles. The van der Waals surface area contributed by atoms with Crippen LogP contribution in [-0.4, -0.2) is 66.6 Å². The highest BCUT2D eigenvalue weighted by atomic mass is 16.5.